The Morgan fingerprint density at radius 2 is 2.50 bits per heavy atom. The summed E-state index contributed by atoms with van der Waals surface area (Å²) < 4.78 is 9.82. The first-order valence-corrected chi connectivity index (χ1v) is 4.60. The zero-order valence-corrected chi connectivity index (χ0v) is 7.95. The van der Waals surface area contributed by atoms with E-state index in [1.807, 2.05) is 0 Å². The lowest BCUT2D eigenvalue weighted by atomic mass is 9.93. The summed E-state index contributed by atoms with van der Waals surface area (Å²) >= 11 is 0. The number of carbonyl (C=O) groups is 1. The van der Waals surface area contributed by atoms with Gasteiger partial charge in [-0.05, 0) is 12.8 Å². The fourth-order valence-corrected chi connectivity index (χ4v) is 1.83. The fourth-order valence-electron chi connectivity index (χ4n) is 1.83. The zero-order chi connectivity index (χ0) is 10.1. The van der Waals surface area contributed by atoms with Crippen LogP contribution in [0.5, 0.6) is 0 Å². The predicted molar refractivity (Wildman–Crippen MR) is 47.9 cm³/mol. The number of furan rings is 1. The Morgan fingerprint density at radius 1 is 1.71 bits per heavy atom. The first-order valence-electron chi connectivity index (χ1n) is 4.60. The van der Waals surface area contributed by atoms with Crippen molar-refractivity contribution in [3.8, 4) is 0 Å². The van der Waals surface area contributed by atoms with Gasteiger partial charge in [0.15, 0.2) is 0 Å². The largest absolute Gasteiger partial charge is 0.468 e. The maximum atomic E-state index is 11.3. The number of aliphatic hydroxyl groups is 1. The number of esters is 1. The highest BCUT2D eigenvalue weighted by Gasteiger charge is 2.28. The average Bonchev–Trinajstić information content (AvgIpc) is 2.62. The number of aryl methyl sites for hydroxylation is 1. The van der Waals surface area contributed by atoms with Gasteiger partial charge in [0.05, 0.1) is 13.2 Å². The van der Waals surface area contributed by atoms with Crippen LogP contribution in [-0.2, 0) is 11.2 Å². The second-order valence-corrected chi connectivity index (χ2v) is 3.39. The molecular weight excluding hydrogens is 184 g/mol. The molecule has 4 heteroatoms. The third kappa shape index (κ3) is 1.32. The molecule has 0 fully saturated rings. The summed E-state index contributed by atoms with van der Waals surface area (Å²) in [6, 6.07) is 0. The van der Waals surface area contributed by atoms with Gasteiger partial charge in [-0.1, -0.05) is 0 Å². The molecule has 0 unspecified atom stereocenters. The molecule has 0 aliphatic heterocycles. The van der Waals surface area contributed by atoms with Gasteiger partial charge in [0.2, 0.25) is 0 Å². The third-order valence-electron chi connectivity index (χ3n) is 2.53. The Morgan fingerprint density at radius 3 is 3.21 bits per heavy atom. The number of aliphatic hydroxyl groups excluding tert-OH is 1. The third-order valence-corrected chi connectivity index (χ3v) is 2.53. The molecule has 0 spiro atoms. The fraction of sp³-hybridized carbons (Fsp3) is 0.500. The molecule has 1 aromatic rings. The molecule has 4 nitrogen and oxygen atoms in total. The van der Waals surface area contributed by atoms with Crippen molar-refractivity contribution in [2.45, 2.75) is 25.4 Å². The number of hydrogen-bond acceptors (Lipinski definition) is 4. The van der Waals surface area contributed by atoms with E-state index in [2.05, 4.69) is 4.74 Å². The number of ether oxygens (including phenoxy) is 1. The van der Waals surface area contributed by atoms with Crippen LogP contribution in [0, 0.1) is 0 Å². The van der Waals surface area contributed by atoms with Crippen LogP contribution in [0.2, 0.25) is 0 Å². The quantitative estimate of drug-likeness (QED) is 0.690. The van der Waals surface area contributed by atoms with Crippen LogP contribution < -0.4 is 0 Å². The van der Waals surface area contributed by atoms with Crippen molar-refractivity contribution in [1.29, 1.82) is 0 Å². The normalized spacial score (nSPS) is 20.3. The summed E-state index contributed by atoms with van der Waals surface area (Å²) in [4.78, 5) is 11.3. The number of hydrogen-bond donors (Lipinski definition) is 1. The van der Waals surface area contributed by atoms with Crippen molar-refractivity contribution in [2.75, 3.05) is 7.11 Å². The lowest BCUT2D eigenvalue weighted by Crippen LogP contribution is -2.12. The van der Waals surface area contributed by atoms with E-state index in [1.54, 1.807) is 0 Å². The average molecular weight is 196 g/mol. The topological polar surface area (TPSA) is 59.7 Å². The first kappa shape index (κ1) is 9.27. The standard InChI is InChI=1S/C10H12O4/c1-13-10(12)6-5-14-8-4-2-3-7(11)9(6)8/h5,7,11H,2-4H2,1H3/t7-/m0/s1. The second kappa shape index (κ2) is 3.46. The summed E-state index contributed by atoms with van der Waals surface area (Å²) in [6.45, 7) is 0. The van der Waals surface area contributed by atoms with Crippen LogP contribution in [0.15, 0.2) is 10.7 Å². The van der Waals surface area contributed by atoms with E-state index < -0.39 is 12.1 Å². The van der Waals surface area contributed by atoms with Gasteiger partial charge in [-0.25, -0.2) is 4.79 Å². The van der Waals surface area contributed by atoms with Gasteiger partial charge < -0.3 is 14.3 Å². The molecule has 0 amide bonds. The Balaban J connectivity index is 2.43. The smallest absolute Gasteiger partial charge is 0.341 e. The van der Waals surface area contributed by atoms with Crippen molar-refractivity contribution in [2.24, 2.45) is 0 Å². The van der Waals surface area contributed by atoms with E-state index >= 15 is 0 Å². The number of carbonyl (C=O) groups excluding carboxylic acids is 1. The number of fused-ring (bicyclic) bond motifs is 1. The van der Waals surface area contributed by atoms with E-state index in [0.29, 0.717) is 23.3 Å². The minimum Gasteiger partial charge on any atom is -0.468 e. The van der Waals surface area contributed by atoms with Gasteiger partial charge in [-0.15, -0.1) is 0 Å². The molecule has 0 bridgehead atoms. The molecule has 1 heterocycles. The summed E-state index contributed by atoms with van der Waals surface area (Å²) in [5.74, 6) is 0.264. The minimum atomic E-state index is -0.591. The molecule has 76 valence electrons. The maximum absolute atomic E-state index is 11.3. The molecule has 1 N–H and O–H groups in total. The van der Waals surface area contributed by atoms with E-state index in [9.17, 15) is 9.90 Å². The SMILES string of the molecule is COC(=O)c1coc2c1[C@@H](O)CCC2. The highest BCUT2D eigenvalue weighted by atomic mass is 16.5. The van der Waals surface area contributed by atoms with Crippen molar-refractivity contribution < 1.29 is 19.1 Å². The Labute approximate surface area is 81.5 Å². The van der Waals surface area contributed by atoms with Gasteiger partial charge in [-0.2, -0.15) is 0 Å². The minimum absolute atomic E-state index is 0.356. The van der Waals surface area contributed by atoms with Gasteiger partial charge in [0.25, 0.3) is 0 Å². The Bertz CT molecular complexity index is 353. The highest BCUT2D eigenvalue weighted by Crippen LogP contribution is 2.33. The van der Waals surface area contributed by atoms with E-state index in [4.69, 9.17) is 4.42 Å². The summed E-state index contributed by atoms with van der Waals surface area (Å²) in [5.41, 5.74) is 0.970. The van der Waals surface area contributed by atoms with Crippen molar-refractivity contribution >= 4 is 5.97 Å². The van der Waals surface area contributed by atoms with E-state index in [1.165, 1.54) is 13.4 Å². The van der Waals surface area contributed by atoms with Crippen LogP contribution in [0.25, 0.3) is 0 Å². The molecule has 2 rings (SSSR count). The zero-order valence-electron chi connectivity index (χ0n) is 7.95. The molecule has 1 aliphatic carbocycles. The molecule has 0 saturated heterocycles. The van der Waals surface area contributed by atoms with Crippen LogP contribution in [-0.4, -0.2) is 18.2 Å². The molecule has 1 aromatic heterocycles. The Hall–Kier alpha value is -1.29. The lowest BCUT2D eigenvalue weighted by molar-refractivity contribution is 0.0591. The van der Waals surface area contributed by atoms with Crippen molar-refractivity contribution in [3.05, 3.63) is 23.2 Å². The second-order valence-electron chi connectivity index (χ2n) is 3.39. The van der Waals surface area contributed by atoms with Gasteiger partial charge in [-0.3, -0.25) is 0 Å². The van der Waals surface area contributed by atoms with Gasteiger partial charge in [0, 0.05) is 12.0 Å². The van der Waals surface area contributed by atoms with E-state index in [-0.39, 0.29) is 0 Å². The predicted octanol–water partition coefficient (Wildman–Crippen LogP) is 1.44. The van der Waals surface area contributed by atoms with E-state index in [0.717, 1.165) is 12.8 Å². The molecular formula is C10H12O4. The molecule has 0 aromatic carbocycles. The summed E-state index contributed by atoms with van der Waals surface area (Å²) in [7, 11) is 1.32. The molecule has 0 saturated carbocycles. The van der Waals surface area contributed by atoms with Gasteiger partial charge in [0.1, 0.15) is 17.6 Å². The lowest BCUT2D eigenvalue weighted by Gasteiger charge is -2.16. The monoisotopic (exact) mass is 196 g/mol. The van der Waals surface area contributed by atoms with Crippen LogP contribution in [0.4, 0.5) is 0 Å². The van der Waals surface area contributed by atoms with Crippen LogP contribution >= 0.6 is 0 Å². The molecule has 14 heavy (non-hydrogen) atoms. The number of rotatable bonds is 1. The summed E-state index contributed by atoms with van der Waals surface area (Å²) in [5, 5.41) is 9.71. The van der Waals surface area contributed by atoms with Crippen molar-refractivity contribution in [3.63, 3.8) is 0 Å². The van der Waals surface area contributed by atoms with Crippen molar-refractivity contribution in [1.82, 2.24) is 0 Å². The Kier molecular flexibility index (Phi) is 2.29. The molecule has 1 atom stereocenters. The number of methoxy groups -OCH3 is 1. The highest BCUT2D eigenvalue weighted by molar-refractivity contribution is 5.91. The first-order chi connectivity index (χ1) is 6.74. The molecule has 1 aliphatic rings. The van der Waals surface area contributed by atoms with Crippen LogP contribution in [0.3, 0.4) is 0 Å². The van der Waals surface area contributed by atoms with Gasteiger partial charge >= 0.3 is 5.97 Å². The molecule has 0 radical (unpaired) electrons. The summed E-state index contributed by atoms with van der Waals surface area (Å²) in [6.07, 6.45) is 3.12. The maximum Gasteiger partial charge on any atom is 0.341 e. The van der Waals surface area contributed by atoms with Crippen LogP contribution in [0.1, 0.15) is 40.6 Å².